The van der Waals surface area contributed by atoms with E-state index in [1.165, 1.54) is 11.8 Å². The quantitative estimate of drug-likeness (QED) is 0.552. The lowest BCUT2D eigenvalue weighted by Gasteiger charge is -2.01. The Morgan fingerprint density at radius 1 is 1.04 bits per heavy atom. The molecule has 0 amide bonds. The molecular formula is C18H15N5OS. The maximum atomic E-state index is 12.1. The molecule has 4 rings (SSSR count). The second kappa shape index (κ2) is 6.52. The average Bonchev–Trinajstić information content (AvgIpc) is 3.09. The Labute approximate surface area is 147 Å². The van der Waals surface area contributed by atoms with Crippen molar-refractivity contribution in [1.29, 1.82) is 0 Å². The summed E-state index contributed by atoms with van der Waals surface area (Å²) in [5, 5.41) is 8.42. The first-order valence-corrected chi connectivity index (χ1v) is 8.78. The van der Waals surface area contributed by atoms with E-state index >= 15 is 0 Å². The van der Waals surface area contributed by atoms with Crippen LogP contribution in [0.5, 0.6) is 0 Å². The number of thioether (sulfide) groups is 1. The number of nitrogens with one attached hydrogen (secondary N) is 2. The average molecular weight is 349 g/mol. The van der Waals surface area contributed by atoms with Gasteiger partial charge < -0.3 is 4.98 Å². The Hall–Kier alpha value is -2.93. The van der Waals surface area contributed by atoms with Crippen molar-refractivity contribution in [3.63, 3.8) is 0 Å². The van der Waals surface area contributed by atoms with Crippen LogP contribution in [0.1, 0.15) is 11.4 Å². The number of fused-ring (bicyclic) bond motifs is 1. The Morgan fingerprint density at radius 2 is 1.84 bits per heavy atom. The van der Waals surface area contributed by atoms with Crippen LogP contribution in [-0.2, 0) is 5.75 Å². The van der Waals surface area contributed by atoms with E-state index in [1.54, 1.807) is 6.07 Å². The molecule has 124 valence electrons. The molecule has 4 aromatic rings. The first-order chi connectivity index (χ1) is 12.2. The second-order valence-electron chi connectivity index (χ2n) is 5.60. The highest BCUT2D eigenvalue weighted by Gasteiger charge is 2.10. The fourth-order valence-corrected chi connectivity index (χ4v) is 3.27. The highest BCUT2D eigenvalue weighted by molar-refractivity contribution is 7.98. The first-order valence-electron chi connectivity index (χ1n) is 7.80. The van der Waals surface area contributed by atoms with Gasteiger partial charge in [-0.15, -0.1) is 5.10 Å². The Balaban J connectivity index is 1.55. The molecule has 0 aliphatic carbocycles. The molecule has 0 radical (unpaired) electrons. The fourth-order valence-electron chi connectivity index (χ4n) is 2.61. The van der Waals surface area contributed by atoms with E-state index in [2.05, 4.69) is 25.1 Å². The van der Waals surface area contributed by atoms with E-state index in [4.69, 9.17) is 0 Å². The van der Waals surface area contributed by atoms with Gasteiger partial charge in [-0.1, -0.05) is 48.2 Å². The number of nitrogens with zero attached hydrogens (tertiary/aromatic N) is 3. The molecule has 2 aromatic carbocycles. The predicted molar refractivity (Wildman–Crippen MR) is 98.5 cm³/mol. The van der Waals surface area contributed by atoms with E-state index in [1.807, 2.05) is 49.4 Å². The number of aromatic nitrogens is 5. The second-order valence-corrected chi connectivity index (χ2v) is 6.54. The van der Waals surface area contributed by atoms with Gasteiger partial charge in [0.2, 0.25) is 5.16 Å². The van der Waals surface area contributed by atoms with Crippen molar-refractivity contribution in [2.75, 3.05) is 0 Å². The highest BCUT2D eigenvalue weighted by atomic mass is 32.2. The van der Waals surface area contributed by atoms with Gasteiger partial charge in [0.15, 0.2) is 5.82 Å². The molecule has 0 aliphatic rings. The van der Waals surface area contributed by atoms with Gasteiger partial charge in [0.1, 0.15) is 5.82 Å². The summed E-state index contributed by atoms with van der Waals surface area (Å²) in [6.45, 7) is 2.04. The third kappa shape index (κ3) is 3.18. The standard InChI is InChI=1S/C18H15N5OS/c1-11-6-2-3-7-12(11)16-21-18(23-22-16)25-10-15-19-14-9-5-4-8-13(14)17(24)20-15/h2-9H,10H2,1H3,(H,19,20,24)(H,21,22,23). The zero-order valence-corrected chi connectivity index (χ0v) is 14.3. The minimum atomic E-state index is -0.128. The van der Waals surface area contributed by atoms with Gasteiger partial charge in [0.25, 0.3) is 5.56 Å². The van der Waals surface area contributed by atoms with Crippen LogP contribution in [0.2, 0.25) is 0 Å². The number of benzene rings is 2. The van der Waals surface area contributed by atoms with Gasteiger partial charge in [0, 0.05) is 5.56 Å². The number of H-pyrrole nitrogens is 2. The molecule has 0 spiro atoms. The summed E-state index contributed by atoms with van der Waals surface area (Å²) >= 11 is 1.43. The molecule has 7 heteroatoms. The van der Waals surface area contributed by atoms with Crippen LogP contribution >= 0.6 is 11.8 Å². The van der Waals surface area contributed by atoms with Crippen molar-refractivity contribution in [2.45, 2.75) is 17.8 Å². The summed E-state index contributed by atoms with van der Waals surface area (Å²) in [7, 11) is 0. The fraction of sp³-hybridized carbons (Fsp3) is 0.111. The summed E-state index contributed by atoms with van der Waals surface area (Å²) in [5.74, 6) is 1.84. The van der Waals surface area contributed by atoms with Crippen molar-refractivity contribution in [2.24, 2.45) is 0 Å². The lowest BCUT2D eigenvalue weighted by atomic mass is 10.1. The normalized spacial score (nSPS) is 11.1. The van der Waals surface area contributed by atoms with E-state index in [0.717, 1.165) is 17.0 Å². The van der Waals surface area contributed by atoms with E-state index in [0.29, 0.717) is 27.6 Å². The SMILES string of the molecule is Cc1ccccc1-c1nc(SCc2nc3ccccc3c(=O)[nH]2)n[nH]1. The predicted octanol–water partition coefficient (Wildman–Crippen LogP) is 3.31. The lowest BCUT2D eigenvalue weighted by Crippen LogP contribution is -2.11. The lowest BCUT2D eigenvalue weighted by molar-refractivity contribution is 0.966. The number of para-hydroxylation sites is 1. The first kappa shape index (κ1) is 15.6. The Morgan fingerprint density at radius 3 is 2.72 bits per heavy atom. The molecule has 0 unspecified atom stereocenters. The van der Waals surface area contributed by atoms with E-state index < -0.39 is 0 Å². The maximum Gasteiger partial charge on any atom is 0.258 e. The third-order valence-electron chi connectivity index (χ3n) is 3.86. The van der Waals surface area contributed by atoms with Crippen molar-refractivity contribution >= 4 is 22.7 Å². The number of hydrogen-bond acceptors (Lipinski definition) is 5. The number of aryl methyl sites for hydroxylation is 1. The van der Waals surface area contributed by atoms with E-state index in [-0.39, 0.29) is 5.56 Å². The summed E-state index contributed by atoms with van der Waals surface area (Å²) in [6.07, 6.45) is 0. The summed E-state index contributed by atoms with van der Waals surface area (Å²) in [6, 6.07) is 15.3. The van der Waals surface area contributed by atoms with Crippen molar-refractivity contribution in [3.8, 4) is 11.4 Å². The maximum absolute atomic E-state index is 12.1. The molecule has 2 heterocycles. The number of hydrogen-bond donors (Lipinski definition) is 2. The van der Waals surface area contributed by atoms with Crippen LogP contribution in [0.3, 0.4) is 0 Å². The molecule has 0 bridgehead atoms. The summed E-state index contributed by atoms with van der Waals surface area (Å²) < 4.78 is 0. The van der Waals surface area contributed by atoms with Crippen LogP contribution in [0.4, 0.5) is 0 Å². The largest absolute Gasteiger partial charge is 0.309 e. The topological polar surface area (TPSA) is 87.3 Å². The van der Waals surface area contributed by atoms with Crippen molar-refractivity contribution in [3.05, 3.63) is 70.3 Å². The molecule has 0 atom stereocenters. The monoisotopic (exact) mass is 349 g/mol. The zero-order chi connectivity index (χ0) is 17.2. The molecular weight excluding hydrogens is 334 g/mol. The number of rotatable bonds is 4. The van der Waals surface area contributed by atoms with Gasteiger partial charge >= 0.3 is 0 Å². The molecule has 2 N–H and O–H groups in total. The van der Waals surface area contributed by atoms with Crippen LogP contribution in [0, 0.1) is 6.92 Å². The third-order valence-corrected chi connectivity index (χ3v) is 4.72. The molecule has 25 heavy (non-hydrogen) atoms. The zero-order valence-electron chi connectivity index (χ0n) is 13.5. The molecule has 6 nitrogen and oxygen atoms in total. The van der Waals surface area contributed by atoms with Gasteiger partial charge in [0.05, 0.1) is 16.7 Å². The van der Waals surface area contributed by atoms with Crippen molar-refractivity contribution in [1.82, 2.24) is 25.1 Å². The van der Waals surface area contributed by atoms with Crippen LogP contribution in [0.25, 0.3) is 22.3 Å². The minimum absolute atomic E-state index is 0.128. The van der Waals surface area contributed by atoms with Crippen LogP contribution in [0.15, 0.2) is 58.5 Å². The van der Waals surface area contributed by atoms with Gasteiger partial charge in [-0.25, -0.2) is 9.97 Å². The highest BCUT2D eigenvalue weighted by Crippen LogP contribution is 2.23. The smallest absolute Gasteiger partial charge is 0.258 e. The van der Waals surface area contributed by atoms with Gasteiger partial charge in [-0.05, 0) is 24.6 Å². The summed E-state index contributed by atoms with van der Waals surface area (Å²) in [5.41, 5.74) is 2.73. The Bertz CT molecular complexity index is 1100. The van der Waals surface area contributed by atoms with Crippen LogP contribution < -0.4 is 5.56 Å². The van der Waals surface area contributed by atoms with Gasteiger partial charge in [-0.3, -0.25) is 9.89 Å². The molecule has 0 aliphatic heterocycles. The van der Waals surface area contributed by atoms with E-state index in [9.17, 15) is 4.79 Å². The molecule has 0 fully saturated rings. The van der Waals surface area contributed by atoms with Crippen LogP contribution in [-0.4, -0.2) is 25.1 Å². The molecule has 2 aromatic heterocycles. The molecule has 0 saturated heterocycles. The number of aromatic amines is 2. The summed E-state index contributed by atoms with van der Waals surface area (Å²) in [4.78, 5) is 23.9. The van der Waals surface area contributed by atoms with Gasteiger partial charge in [-0.2, -0.15) is 0 Å². The Kier molecular flexibility index (Phi) is 4.07. The minimum Gasteiger partial charge on any atom is -0.309 e. The van der Waals surface area contributed by atoms with Crippen molar-refractivity contribution < 1.29 is 0 Å². The molecule has 0 saturated carbocycles.